The van der Waals surface area contributed by atoms with Gasteiger partial charge in [-0.2, -0.15) is 13.2 Å². The third kappa shape index (κ3) is 3.46. The lowest BCUT2D eigenvalue weighted by molar-refractivity contribution is -0.137. The molecule has 0 aliphatic carbocycles. The molecule has 0 amide bonds. The number of halogens is 4. The minimum Gasteiger partial charge on any atom is -0.379 e. The zero-order valence-electron chi connectivity index (χ0n) is 9.87. The third-order valence-corrected chi connectivity index (χ3v) is 2.96. The SMILES string of the molecule is Cn1nncc1CNc1cc(Br)cc(C(F)(F)F)c1. The van der Waals surface area contributed by atoms with Crippen LogP contribution in [0.4, 0.5) is 18.9 Å². The Kier molecular flexibility index (Phi) is 3.79. The lowest BCUT2D eigenvalue weighted by Crippen LogP contribution is -2.08. The average molecular weight is 335 g/mol. The molecular weight excluding hydrogens is 325 g/mol. The van der Waals surface area contributed by atoms with Crippen LogP contribution in [0.5, 0.6) is 0 Å². The monoisotopic (exact) mass is 334 g/mol. The molecule has 1 aromatic heterocycles. The van der Waals surface area contributed by atoms with Crippen molar-refractivity contribution in [2.45, 2.75) is 12.7 Å². The highest BCUT2D eigenvalue weighted by Crippen LogP contribution is 2.33. The Balaban J connectivity index is 2.17. The van der Waals surface area contributed by atoms with E-state index < -0.39 is 11.7 Å². The van der Waals surface area contributed by atoms with E-state index in [1.54, 1.807) is 24.0 Å². The van der Waals surface area contributed by atoms with Crippen molar-refractivity contribution >= 4 is 21.6 Å². The Morgan fingerprint density at radius 1 is 1.32 bits per heavy atom. The zero-order chi connectivity index (χ0) is 14.0. The molecule has 4 nitrogen and oxygen atoms in total. The summed E-state index contributed by atoms with van der Waals surface area (Å²) in [5, 5.41) is 10.3. The van der Waals surface area contributed by atoms with E-state index in [4.69, 9.17) is 0 Å². The number of aromatic nitrogens is 3. The smallest absolute Gasteiger partial charge is 0.379 e. The molecule has 1 N–H and O–H groups in total. The summed E-state index contributed by atoms with van der Waals surface area (Å²) in [5.41, 5.74) is 0.448. The molecular formula is C11H10BrF3N4. The highest BCUT2D eigenvalue weighted by molar-refractivity contribution is 9.10. The second-order valence-electron chi connectivity index (χ2n) is 3.93. The maximum Gasteiger partial charge on any atom is 0.416 e. The van der Waals surface area contributed by atoms with Crippen LogP contribution < -0.4 is 5.32 Å². The minimum absolute atomic E-state index is 0.344. The van der Waals surface area contributed by atoms with Gasteiger partial charge < -0.3 is 5.32 Å². The first-order valence-corrected chi connectivity index (χ1v) is 6.11. The highest BCUT2D eigenvalue weighted by Gasteiger charge is 2.31. The highest BCUT2D eigenvalue weighted by atomic mass is 79.9. The van der Waals surface area contributed by atoms with E-state index in [0.29, 0.717) is 16.7 Å². The van der Waals surface area contributed by atoms with Gasteiger partial charge in [0.25, 0.3) is 0 Å². The number of hydrogen-bond acceptors (Lipinski definition) is 3. The second-order valence-corrected chi connectivity index (χ2v) is 4.84. The van der Waals surface area contributed by atoms with Gasteiger partial charge in [0.2, 0.25) is 0 Å². The summed E-state index contributed by atoms with van der Waals surface area (Å²) < 4.78 is 39.9. The molecule has 0 atom stereocenters. The Bertz CT molecular complexity index is 580. The van der Waals surface area contributed by atoms with E-state index in [9.17, 15) is 13.2 Å². The quantitative estimate of drug-likeness (QED) is 0.937. The molecule has 0 spiro atoms. The van der Waals surface area contributed by atoms with Gasteiger partial charge >= 0.3 is 6.18 Å². The number of hydrogen-bond donors (Lipinski definition) is 1. The van der Waals surface area contributed by atoms with E-state index in [-0.39, 0.29) is 0 Å². The summed E-state index contributed by atoms with van der Waals surface area (Å²) in [7, 11) is 1.71. The number of aryl methyl sites for hydroxylation is 1. The molecule has 1 heterocycles. The number of benzene rings is 1. The summed E-state index contributed by atoms with van der Waals surface area (Å²) in [5.74, 6) is 0. The number of alkyl halides is 3. The molecule has 0 saturated heterocycles. The summed E-state index contributed by atoms with van der Waals surface area (Å²) >= 11 is 3.07. The fraction of sp³-hybridized carbons (Fsp3) is 0.273. The van der Waals surface area contributed by atoms with Crippen LogP contribution in [-0.4, -0.2) is 15.0 Å². The van der Waals surface area contributed by atoms with Crippen LogP contribution in [-0.2, 0) is 19.8 Å². The van der Waals surface area contributed by atoms with Gasteiger partial charge in [0.1, 0.15) is 0 Å². The third-order valence-electron chi connectivity index (χ3n) is 2.51. The van der Waals surface area contributed by atoms with Crippen LogP contribution in [0.15, 0.2) is 28.9 Å². The molecule has 2 rings (SSSR count). The van der Waals surface area contributed by atoms with Crippen molar-refractivity contribution in [2.24, 2.45) is 7.05 Å². The molecule has 1 aromatic carbocycles. The fourth-order valence-corrected chi connectivity index (χ4v) is 2.01. The van der Waals surface area contributed by atoms with Gasteiger partial charge in [-0.1, -0.05) is 21.1 Å². The molecule has 0 bridgehead atoms. The standard InChI is InChI=1S/C11H10BrF3N4/c1-19-10(6-17-18-19)5-16-9-3-7(11(13,14)15)2-8(12)4-9/h2-4,6,16H,5H2,1H3. The number of nitrogens with one attached hydrogen (secondary N) is 1. The van der Waals surface area contributed by atoms with Crippen LogP contribution in [0, 0.1) is 0 Å². The molecule has 0 saturated carbocycles. The molecule has 0 unspecified atom stereocenters. The predicted molar refractivity (Wildman–Crippen MR) is 67.5 cm³/mol. The maximum absolute atomic E-state index is 12.7. The van der Waals surface area contributed by atoms with Crippen molar-refractivity contribution in [1.29, 1.82) is 0 Å². The lowest BCUT2D eigenvalue weighted by Gasteiger charge is -2.11. The van der Waals surface area contributed by atoms with E-state index in [1.807, 2.05) is 0 Å². The molecule has 0 radical (unpaired) electrons. The summed E-state index contributed by atoms with van der Waals surface area (Å²) in [6.07, 6.45) is -2.82. The summed E-state index contributed by atoms with van der Waals surface area (Å²) in [6, 6.07) is 3.68. The van der Waals surface area contributed by atoms with Gasteiger partial charge in [-0.05, 0) is 18.2 Å². The molecule has 0 aliphatic heterocycles. The van der Waals surface area contributed by atoms with Crippen molar-refractivity contribution in [1.82, 2.24) is 15.0 Å². The first kappa shape index (κ1) is 13.9. The van der Waals surface area contributed by atoms with Gasteiger partial charge in [0.15, 0.2) is 0 Å². The zero-order valence-corrected chi connectivity index (χ0v) is 11.5. The normalized spacial score (nSPS) is 11.6. The van der Waals surface area contributed by atoms with Crippen LogP contribution in [0.25, 0.3) is 0 Å². The van der Waals surface area contributed by atoms with Gasteiger partial charge in [-0.25, -0.2) is 0 Å². The van der Waals surface area contributed by atoms with Gasteiger partial charge in [-0.3, -0.25) is 4.68 Å². The van der Waals surface area contributed by atoms with Crippen molar-refractivity contribution in [3.8, 4) is 0 Å². The van der Waals surface area contributed by atoms with Crippen molar-refractivity contribution in [3.05, 3.63) is 40.1 Å². The first-order valence-electron chi connectivity index (χ1n) is 5.31. The van der Waals surface area contributed by atoms with Crippen molar-refractivity contribution < 1.29 is 13.2 Å². The number of anilines is 1. The van der Waals surface area contributed by atoms with Crippen molar-refractivity contribution in [2.75, 3.05) is 5.32 Å². The Labute approximate surface area is 115 Å². The second kappa shape index (κ2) is 5.20. The predicted octanol–water partition coefficient (Wildman–Crippen LogP) is 3.21. The molecule has 2 aromatic rings. The summed E-state index contributed by atoms with van der Waals surface area (Å²) in [6.45, 7) is 0.344. The Morgan fingerprint density at radius 3 is 2.63 bits per heavy atom. The topological polar surface area (TPSA) is 42.7 Å². The molecule has 19 heavy (non-hydrogen) atoms. The van der Waals surface area contributed by atoms with E-state index in [0.717, 1.165) is 17.8 Å². The van der Waals surface area contributed by atoms with Crippen molar-refractivity contribution in [3.63, 3.8) is 0 Å². The molecule has 102 valence electrons. The van der Waals surface area contributed by atoms with Crippen LogP contribution >= 0.6 is 15.9 Å². The fourth-order valence-electron chi connectivity index (χ4n) is 1.52. The summed E-state index contributed by atoms with van der Waals surface area (Å²) in [4.78, 5) is 0. The van der Waals surface area contributed by atoms with Gasteiger partial charge in [0.05, 0.1) is 24.0 Å². The average Bonchev–Trinajstić information content (AvgIpc) is 2.70. The van der Waals surface area contributed by atoms with E-state index in [1.165, 1.54) is 0 Å². The largest absolute Gasteiger partial charge is 0.416 e. The van der Waals surface area contributed by atoms with Gasteiger partial charge in [0, 0.05) is 17.2 Å². The Morgan fingerprint density at radius 2 is 2.05 bits per heavy atom. The van der Waals surface area contributed by atoms with Gasteiger partial charge in [-0.15, -0.1) is 5.10 Å². The number of nitrogens with zero attached hydrogens (tertiary/aromatic N) is 3. The molecule has 0 aliphatic rings. The maximum atomic E-state index is 12.7. The first-order chi connectivity index (χ1) is 8.86. The van der Waals surface area contributed by atoms with Crippen LogP contribution in [0.1, 0.15) is 11.3 Å². The molecule has 8 heteroatoms. The lowest BCUT2D eigenvalue weighted by atomic mass is 10.2. The van der Waals surface area contributed by atoms with Crippen LogP contribution in [0.2, 0.25) is 0 Å². The number of rotatable bonds is 3. The minimum atomic E-state index is -4.37. The molecule has 0 fully saturated rings. The van der Waals surface area contributed by atoms with E-state index in [2.05, 4.69) is 31.6 Å². The van der Waals surface area contributed by atoms with E-state index >= 15 is 0 Å². The Hall–Kier alpha value is -1.57. The van der Waals surface area contributed by atoms with Crippen LogP contribution in [0.3, 0.4) is 0 Å².